The summed E-state index contributed by atoms with van der Waals surface area (Å²) in [6.45, 7) is 8.38. The molecule has 0 radical (unpaired) electrons. The lowest BCUT2D eigenvalue weighted by molar-refractivity contribution is -0.110. The number of amides is 4. The molecule has 4 amide bonds. The van der Waals surface area contributed by atoms with Crippen LogP contribution in [0.1, 0.15) is 48.8 Å². The number of anilines is 4. The monoisotopic (exact) mass is 647 g/mol. The fourth-order valence-corrected chi connectivity index (χ4v) is 6.00. The summed E-state index contributed by atoms with van der Waals surface area (Å²) in [7, 11) is 2.13. The molecular weight excluding hydrogens is 610 g/mol. The minimum Gasteiger partial charge on any atom is -0.478 e. The molecule has 0 bridgehead atoms. The number of nitrogens with zero attached hydrogens (tertiary/aromatic N) is 2. The average molecular weight is 648 g/mol. The SMILES string of the molecule is Cc1[nH]c(C=C2C(=O)Nc3cc(NC(=O)Nc4cccc(NC(=O)c5ccc(CN6CCN(C)CC6)cc5)c4)ccc32)c(C)c1C(=O)O. The maximum atomic E-state index is 12.9. The molecule has 2 aliphatic heterocycles. The van der Waals surface area contributed by atoms with Crippen molar-refractivity contribution in [3.8, 4) is 0 Å². The molecule has 3 aromatic carbocycles. The number of carbonyl (C=O) groups excluding carboxylic acids is 3. The third-order valence-corrected chi connectivity index (χ3v) is 8.64. The van der Waals surface area contributed by atoms with E-state index in [0.29, 0.717) is 56.4 Å². The Hall–Kier alpha value is -5.72. The molecule has 6 rings (SSSR count). The number of carboxylic acids is 1. The zero-order valence-electron chi connectivity index (χ0n) is 26.9. The lowest BCUT2D eigenvalue weighted by Crippen LogP contribution is -2.43. The smallest absolute Gasteiger partial charge is 0.337 e. The zero-order valence-corrected chi connectivity index (χ0v) is 26.9. The van der Waals surface area contributed by atoms with Gasteiger partial charge in [0, 0.05) is 72.3 Å². The van der Waals surface area contributed by atoms with Crippen molar-refractivity contribution in [3.63, 3.8) is 0 Å². The Morgan fingerprint density at radius 2 is 1.54 bits per heavy atom. The predicted octanol–water partition coefficient (Wildman–Crippen LogP) is 5.47. The van der Waals surface area contributed by atoms with Crippen molar-refractivity contribution in [1.29, 1.82) is 0 Å². The molecule has 0 spiro atoms. The Bertz CT molecular complexity index is 1940. The van der Waals surface area contributed by atoms with Crippen LogP contribution in [0.4, 0.5) is 27.5 Å². The van der Waals surface area contributed by atoms with Gasteiger partial charge in [0.1, 0.15) is 0 Å². The van der Waals surface area contributed by atoms with Crippen LogP contribution in [0.5, 0.6) is 0 Å². The van der Waals surface area contributed by atoms with Crippen molar-refractivity contribution >= 4 is 58.2 Å². The van der Waals surface area contributed by atoms with Gasteiger partial charge >= 0.3 is 12.0 Å². The number of urea groups is 1. The van der Waals surface area contributed by atoms with Crippen molar-refractivity contribution in [2.45, 2.75) is 20.4 Å². The number of aryl methyl sites for hydroxylation is 1. The lowest BCUT2D eigenvalue weighted by atomic mass is 10.0. The summed E-state index contributed by atoms with van der Waals surface area (Å²) in [6, 6.07) is 19.0. The number of aromatic carboxylic acids is 1. The van der Waals surface area contributed by atoms with Gasteiger partial charge in [-0.05, 0) is 80.6 Å². The van der Waals surface area contributed by atoms with E-state index >= 15 is 0 Å². The number of hydrogen-bond donors (Lipinski definition) is 6. The van der Waals surface area contributed by atoms with Crippen LogP contribution in [0.25, 0.3) is 11.6 Å². The summed E-state index contributed by atoms with van der Waals surface area (Å²) in [5.74, 6) is -1.62. The van der Waals surface area contributed by atoms with Crippen LogP contribution in [0, 0.1) is 13.8 Å². The van der Waals surface area contributed by atoms with Crippen molar-refractivity contribution in [2.75, 3.05) is 54.5 Å². The third-order valence-electron chi connectivity index (χ3n) is 8.64. The summed E-state index contributed by atoms with van der Waals surface area (Å²) in [6.07, 6.45) is 1.63. The second-order valence-corrected chi connectivity index (χ2v) is 12.1. The van der Waals surface area contributed by atoms with Crippen molar-refractivity contribution in [2.24, 2.45) is 0 Å². The molecule has 12 heteroatoms. The van der Waals surface area contributed by atoms with Crippen molar-refractivity contribution in [3.05, 3.63) is 106 Å². The van der Waals surface area contributed by atoms with E-state index in [0.717, 1.165) is 38.3 Å². The lowest BCUT2D eigenvalue weighted by Gasteiger charge is -2.32. The van der Waals surface area contributed by atoms with Gasteiger partial charge in [0.05, 0.1) is 16.8 Å². The van der Waals surface area contributed by atoms with Crippen molar-refractivity contribution in [1.82, 2.24) is 14.8 Å². The first-order valence-corrected chi connectivity index (χ1v) is 15.6. The van der Waals surface area contributed by atoms with E-state index in [1.54, 1.807) is 62.4 Å². The number of nitrogens with one attached hydrogen (secondary N) is 5. The number of carboxylic acid groups (broad SMARTS) is 1. The van der Waals surface area contributed by atoms with E-state index in [-0.39, 0.29) is 17.4 Å². The minimum absolute atomic E-state index is 0.181. The number of rotatable bonds is 8. The highest BCUT2D eigenvalue weighted by Crippen LogP contribution is 2.36. The van der Waals surface area contributed by atoms with E-state index in [9.17, 15) is 24.3 Å². The number of aromatic amines is 1. The largest absolute Gasteiger partial charge is 0.478 e. The van der Waals surface area contributed by atoms with Crippen LogP contribution in [0.3, 0.4) is 0 Å². The molecular formula is C36H37N7O5. The molecule has 1 aromatic heterocycles. The number of aromatic nitrogens is 1. The molecule has 0 atom stereocenters. The summed E-state index contributed by atoms with van der Waals surface area (Å²) in [5.41, 5.74) is 6.44. The quantitative estimate of drug-likeness (QED) is 0.139. The normalized spacial score (nSPS) is 15.6. The number of H-pyrrole nitrogens is 1. The van der Waals surface area contributed by atoms with E-state index in [2.05, 4.69) is 43.1 Å². The van der Waals surface area contributed by atoms with Crippen LogP contribution in [-0.4, -0.2) is 76.9 Å². The van der Waals surface area contributed by atoms with Gasteiger partial charge in [0.2, 0.25) is 0 Å². The van der Waals surface area contributed by atoms with E-state index in [1.165, 1.54) is 0 Å². The molecule has 12 nitrogen and oxygen atoms in total. The maximum Gasteiger partial charge on any atom is 0.337 e. The molecule has 0 unspecified atom stereocenters. The highest BCUT2D eigenvalue weighted by Gasteiger charge is 2.26. The highest BCUT2D eigenvalue weighted by atomic mass is 16.4. The van der Waals surface area contributed by atoms with Crippen LogP contribution in [0.2, 0.25) is 0 Å². The highest BCUT2D eigenvalue weighted by molar-refractivity contribution is 6.35. The summed E-state index contributed by atoms with van der Waals surface area (Å²) >= 11 is 0. The number of piperazine rings is 1. The summed E-state index contributed by atoms with van der Waals surface area (Å²) < 4.78 is 0. The van der Waals surface area contributed by atoms with E-state index in [1.807, 2.05) is 24.3 Å². The van der Waals surface area contributed by atoms with Gasteiger partial charge in [-0.3, -0.25) is 14.5 Å². The summed E-state index contributed by atoms with van der Waals surface area (Å²) in [5, 5.41) is 20.7. The van der Waals surface area contributed by atoms with Gasteiger partial charge in [-0.2, -0.15) is 0 Å². The first-order valence-electron chi connectivity index (χ1n) is 15.6. The Morgan fingerprint density at radius 3 is 2.21 bits per heavy atom. The molecule has 3 heterocycles. The third kappa shape index (κ3) is 7.14. The number of likely N-dealkylation sites (N-methyl/N-ethyl adjacent to an activating group) is 1. The standard InChI is InChI=1S/C36H37N7O5/c1-21-30(37-22(2)32(21)35(46)47)19-29-28-12-11-27(18-31(28)41-34(29)45)40-36(48)39-26-6-4-5-25(17-26)38-33(44)24-9-7-23(8-10-24)20-43-15-13-42(3)14-16-43/h4-12,17-19,37H,13-16,20H2,1-3H3,(H,38,44)(H,41,45)(H,46,47)(H2,39,40,48). The second kappa shape index (κ2) is 13.6. The van der Waals surface area contributed by atoms with Gasteiger partial charge in [-0.1, -0.05) is 24.3 Å². The summed E-state index contributed by atoms with van der Waals surface area (Å²) in [4.78, 5) is 58.0. The number of hydrogen-bond acceptors (Lipinski definition) is 6. The molecule has 48 heavy (non-hydrogen) atoms. The van der Waals surface area contributed by atoms with E-state index < -0.39 is 12.0 Å². The Balaban J connectivity index is 1.06. The molecule has 0 aliphatic carbocycles. The topological polar surface area (TPSA) is 159 Å². The van der Waals surface area contributed by atoms with Gasteiger partial charge < -0.3 is 36.3 Å². The fourth-order valence-electron chi connectivity index (χ4n) is 6.00. The van der Waals surface area contributed by atoms with Crippen LogP contribution in [-0.2, 0) is 11.3 Å². The molecule has 2 aliphatic rings. The zero-order chi connectivity index (χ0) is 33.9. The molecule has 4 aromatic rings. The molecule has 0 saturated carbocycles. The average Bonchev–Trinajstić information content (AvgIpc) is 3.51. The van der Waals surface area contributed by atoms with Gasteiger partial charge in [-0.15, -0.1) is 0 Å². The number of carbonyl (C=O) groups is 4. The minimum atomic E-state index is -1.04. The first-order chi connectivity index (χ1) is 23.0. The van der Waals surface area contributed by atoms with Crippen molar-refractivity contribution < 1.29 is 24.3 Å². The van der Waals surface area contributed by atoms with E-state index in [4.69, 9.17) is 0 Å². The van der Waals surface area contributed by atoms with Gasteiger partial charge in [-0.25, -0.2) is 9.59 Å². The Kier molecular flexibility index (Phi) is 9.10. The number of benzene rings is 3. The maximum absolute atomic E-state index is 12.9. The second-order valence-electron chi connectivity index (χ2n) is 12.1. The number of fused-ring (bicyclic) bond motifs is 1. The van der Waals surface area contributed by atoms with Crippen LogP contribution in [0.15, 0.2) is 66.7 Å². The molecule has 6 N–H and O–H groups in total. The predicted molar refractivity (Wildman–Crippen MR) is 186 cm³/mol. The first kappa shape index (κ1) is 32.2. The van der Waals surface area contributed by atoms with Crippen LogP contribution >= 0.6 is 0 Å². The molecule has 246 valence electrons. The van der Waals surface area contributed by atoms with Gasteiger partial charge in [0.25, 0.3) is 11.8 Å². The van der Waals surface area contributed by atoms with Gasteiger partial charge in [0.15, 0.2) is 0 Å². The molecule has 1 saturated heterocycles. The Labute approximate surface area is 277 Å². The fraction of sp³-hybridized carbons (Fsp3) is 0.222. The molecule has 1 fully saturated rings. The Morgan fingerprint density at radius 1 is 0.875 bits per heavy atom. The van der Waals surface area contributed by atoms with Crippen LogP contribution < -0.4 is 21.3 Å².